The molecule has 0 radical (unpaired) electrons. The molecule has 2 aromatic rings. The lowest BCUT2D eigenvalue weighted by Gasteiger charge is -2.06. The molecule has 2 heterocycles. The number of aryl methyl sites for hydroxylation is 1. The molecule has 0 atom stereocenters. The third-order valence-electron chi connectivity index (χ3n) is 2.22. The van der Waals surface area contributed by atoms with Crippen molar-refractivity contribution in [3.8, 4) is 0 Å². The quantitative estimate of drug-likeness (QED) is 0.808. The topological polar surface area (TPSA) is 76.7 Å². The van der Waals surface area contributed by atoms with Crippen LogP contribution >= 0.6 is 0 Å². The second kappa shape index (κ2) is 4.57. The van der Waals surface area contributed by atoms with E-state index in [1.54, 1.807) is 12.4 Å². The Morgan fingerprint density at radius 3 is 3.00 bits per heavy atom. The van der Waals surface area contributed by atoms with Crippen molar-refractivity contribution in [1.82, 2.24) is 15.2 Å². The van der Waals surface area contributed by atoms with Crippen LogP contribution in [-0.4, -0.2) is 15.2 Å². The summed E-state index contributed by atoms with van der Waals surface area (Å²) in [6.45, 7) is 2.51. The Labute approximate surface area is 93.7 Å². The molecule has 2 rings (SSSR count). The van der Waals surface area contributed by atoms with Crippen LogP contribution in [0.25, 0.3) is 0 Å². The molecule has 2 aromatic heterocycles. The predicted octanol–water partition coefficient (Wildman–Crippen LogP) is 1.37. The Bertz CT molecular complexity index is 469. The van der Waals surface area contributed by atoms with Crippen molar-refractivity contribution >= 4 is 11.5 Å². The number of nitrogen functional groups attached to an aromatic ring is 1. The van der Waals surface area contributed by atoms with Crippen LogP contribution in [-0.2, 0) is 6.54 Å². The third kappa shape index (κ3) is 2.44. The Balaban J connectivity index is 2.03. The first-order valence-corrected chi connectivity index (χ1v) is 4.98. The lowest BCUT2D eigenvalue weighted by molar-refractivity contribution is 0.920. The molecule has 3 N–H and O–H groups in total. The van der Waals surface area contributed by atoms with Crippen molar-refractivity contribution in [2.45, 2.75) is 13.5 Å². The van der Waals surface area contributed by atoms with E-state index in [1.165, 1.54) is 0 Å². The first-order valence-electron chi connectivity index (χ1n) is 4.98. The summed E-state index contributed by atoms with van der Waals surface area (Å²) >= 11 is 0. The zero-order chi connectivity index (χ0) is 11.4. The van der Waals surface area contributed by atoms with E-state index in [2.05, 4.69) is 20.5 Å². The second-order valence-electron chi connectivity index (χ2n) is 3.49. The highest BCUT2D eigenvalue weighted by molar-refractivity contribution is 5.53. The maximum absolute atomic E-state index is 5.78. The van der Waals surface area contributed by atoms with Gasteiger partial charge >= 0.3 is 0 Å². The van der Waals surface area contributed by atoms with Gasteiger partial charge in [-0.1, -0.05) is 0 Å². The van der Waals surface area contributed by atoms with E-state index in [1.807, 2.05) is 25.1 Å². The van der Waals surface area contributed by atoms with Gasteiger partial charge in [0, 0.05) is 24.1 Å². The van der Waals surface area contributed by atoms with Gasteiger partial charge in [0.15, 0.2) is 0 Å². The largest absolute Gasteiger partial charge is 0.398 e. The standard InChI is InChI=1S/C11H13N5/c1-8-6-13-11(5-10(8)12)14-7-9-3-2-4-15-16-9/h2-6H,7H2,1H3,(H3,12,13,14). The van der Waals surface area contributed by atoms with Gasteiger partial charge in [-0.2, -0.15) is 10.2 Å². The number of nitrogens with two attached hydrogens (primary N) is 1. The molecule has 0 amide bonds. The minimum atomic E-state index is 0.587. The first kappa shape index (κ1) is 10.4. The molecule has 0 aliphatic carbocycles. The summed E-state index contributed by atoms with van der Waals surface area (Å²) in [7, 11) is 0. The van der Waals surface area contributed by atoms with Crippen molar-refractivity contribution < 1.29 is 0 Å². The fourth-order valence-corrected chi connectivity index (χ4v) is 1.24. The predicted molar refractivity (Wildman–Crippen MR) is 62.7 cm³/mol. The molecule has 5 nitrogen and oxygen atoms in total. The molecule has 0 aliphatic rings. The Kier molecular flexibility index (Phi) is 2.95. The summed E-state index contributed by atoms with van der Waals surface area (Å²) < 4.78 is 0. The van der Waals surface area contributed by atoms with Crippen LogP contribution in [0.2, 0.25) is 0 Å². The smallest absolute Gasteiger partial charge is 0.128 e. The molecular formula is C11H13N5. The fraction of sp³-hybridized carbons (Fsp3) is 0.182. The summed E-state index contributed by atoms with van der Waals surface area (Å²) in [6.07, 6.45) is 3.39. The lowest BCUT2D eigenvalue weighted by Crippen LogP contribution is -2.04. The van der Waals surface area contributed by atoms with Crippen LogP contribution in [0.4, 0.5) is 11.5 Å². The van der Waals surface area contributed by atoms with Crippen molar-refractivity contribution in [1.29, 1.82) is 0 Å². The summed E-state index contributed by atoms with van der Waals surface area (Å²) in [5, 5.41) is 10.9. The van der Waals surface area contributed by atoms with Gasteiger partial charge in [0.1, 0.15) is 5.82 Å². The van der Waals surface area contributed by atoms with E-state index in [-0.39, 0.29) is 0 Å². The third-order valence-corrected chi connectivity index (χ3v) is 2.22. The van der Waals surface area contributed by atoms with E-state index in [4.69, 9.17) is 5.73 Å². The van der Waals surface area contributed by atoms with Crippen LogP contribution in [0.3, 0.4) is 0 Å². The zero-order valence-corrected chi connectivity index (χ0v) is 9.01. The number of nitrogens with zero attached hydrogens (tertiary/aromatic N) is 3. The molecule has 82 valence electrons. The number of aromatic nitrogens is 3. The lowest BCUT2D eigenvalue weighted by atomic mass is 10.2. The highest BCUT2D eigenvalue weighted by Crippen LogP contribution is 2.13. The van der Waals surface area contributed by atoms with Crippen molar-refractivity contribution in [2.75, 3.05) is 11.1 Å². The minimum Gasteiger partial charge on any atom is -0.398 e. The molecular weight excluding hydrogens is 202 g/mol. The number of nitrogens with one attached hydrogen (secondary N) is 1. The normalized spacial score (nSPS) is 10.1. The Morgan fingerprint density at radius 1 is 1.44 bits per heavy atom. The minimum absolute atomic E-state index is 0.587. The van der Waals surface area contributed by atoms with Gasteiger partial charge in [-0.15, -0.1) is 0 Å². The summed E-state index contributed by atoms with van der Waals surface area (Å²) in [6, 6.07) is 5.56. The molecule has 0 unspecified atom stereocenters. The van der Waals surface area contributed by atoms with Crippen molar-refractivity contribution in [2.24, 2.45) is 0 Å². The maximum atomic E-state index is 5.78. The number of anilines is 2. The summed E-state index contributed by atoms with van der Waals surface area (Å²) in [5.41, 5.74) is 8.36. The molecule has 5 heteroatoms. The molecule has 0 spiro atoms. The zero-order valence-electron chi connectivity index (χ0n) is 9.01. The van der Waals surface area contributed by atoms with E-state index in [0.717, 1.165) is 22.8 Å². The molecule has 0 fully saturated rings. The summed E-state index contributed by atoms with van der Waals surface area (Å²) in [4.78, 5) is 4.21. The van der Waals surface area contributed by atoms with Crippen LogP contribution in [0.15, 0.2) is 30.6 Å². The van der Waals surface area contributed by atoms with E-state index in [9.17, 15) is 0 Å². The van der Waals surface area contributed by atoms with Crippen molar-refractivity contribution in [3.05, 3.63) is 41.9 Å². The van der Waals surface area contributed by atoms with E-state index < -0.39 is 0 Å². The van der Waals surface area contributed by atoms with E-state index in [0.29, 0.717) is 6.54 Å². The van der Waals surface area contributed by atoms with Gasteiger partial charge in [-0.25, -0.2) is 4.98 Å². The SMILES string of the molecule is Cc1cnc(NCc2cccnn2)cc1N. The molecule has 0 saturated carbocycles. The fourth-order valence-electron chi connectivity index (χ4n) is 1.24. The van der Waals surface area contributed by atoms with Crippen LogP contribution < -0.4 is 11.1 Å². The molecule has 0 aromatic carbocycles. The van der Waals surface area contributed by atoms with Crippen LogP contribution in [0.1, 0.15) is 11.3 Å². The maximum Gasteiger partial charge on any atom is 0.128 e. The van der Waals surface area contributed by atoms with Gasteiger partial charge < -0.3 is 11.1 Å². The number of hydrogen-bond acceptors (Lipinski definition) is 5. The molecule has 0 bridgehead atoms. The highest BCUT2D eigenvalue weighted by atomic mass is 15.1. The van der Waals surface area contributed by atoms with Gasteiger partial charge in [0.2, 0.25) is 0 Å². The highest BCUT2D eigenvalue weighted by Gasteiger charge is 1.99. The number of rotatable bonds is 3. The van der Waals surface area contributed by atoms with Crippen LogP contribution in [0.5, 0.6) is 0 Å². The van der Waals surface area contributed by atoms with Gasteiger partial charge in [-0.05, 0) is 24.6 Å². The average molecular weight is 215 g/mol. The Morgan fingerprint density at radius 2 is 2.31 bits per heavy atom. The van der Waals surface area contributed by atoms with Gasteiger partial charge in [0.05, 0.1) is 12.2 Å². The number of hydrogen-bond donors (Lipinski definition) is 2. The number of pyridine rings is 1. The van der Waals surface area contributed by atoms with E-state index >= 15 is 0 Å². The monoisotopic (exact) mass is 215 g/mol. The van der Waals surface area contributed by atoms with Crippen molar-refractivity contribution in [3.63, 3.8) is 0 Å². The first-order chi connectivity index (χ1) is 7.75. The summed E-state index contributed by atoms with van der Waals surface area (Å²) in [5.74, 6) is 0.744. The Hall–Kier alpha value is -2.17. The van der Waals surface area contributed by atoms with Gasteiger partial charge in [-0.3, -0.25) is 0 Å². The van der Waals surface area contributed by atoms with Gasteiger partial charge in [0.25, 0.3) is 0 Å². The average Bonchev–Trinajstić information content (AvgIpc) is 2.32. The second-order valence-corrected chi connectivity index (χ2v) is 3.49. The molecule has 0 aliphatic heterocycles. The molecule has 0 saturated heterocycles. The molecule has 16 heavy (non-hydrogen) atoms. The van der Waals surface area contributed by atoms with Crippen LogP contribution in [0, 0.1) is 6.92 Å².